The second kappa shape index (κ2) is 5.36. The van der Waals surface area contributed by atoms with Crippen molar-refractivity contribution in [2.24, 2.45) is 0 Å². The van der Waals surface area contributed by atoms with Crippen molar-refractivity contribution < 1.29 is 1.37 Å². The third-order valence-electron chi connectivity index (χ3n) is 2.93. The fourth-order valence-corrected chi connectivity index (χ4v) is 3.53. The van der Waals surface area contributed by atoms with Crippen molar-refractivity contribution in [3.05, 3.63) is 65.7 Å². The van der Waals surface area contributed by atoms with Crippen LogP contribution in [0.2, 0.25) is 19.6 Å². The van der Waals surface area contributed by atoms with Crippen LogP contribution < -0.4 is 5.19 Å². The lowest BCUT2D eigenvalue weighted by molar-refractivity contribution is 1.64. The molecule has 0 amide bonds. The zero-order chi connectivity index (χ0) is 13.9. The molecule has 0 spiro atoms. The Labute approximate surface area is 112 Å². The first kappa shape index (κ1) is 11.5. The zero-order valence-electron chi connectivity index (χ0n) is 12.3. The minimum Gasteiger partial charge on any atom is -0.0656 e. The standard InChI is InChI=1S/C17H20Si/c1-18(2,3)17-12-8-7-11-16(17)14-13-15-9-5-4-6-10-15/h4-14H,1-3H3/b14-13+/i14D. The molecule has 92 valence electrons. The Morgan fingerprint density at radius 1 is 0.889 bits per heavy atom. The molecule has 0 nitrogen and oxygen atoms in total. The molecule has 0 aliphatic rings. The highest BCUT2D eigenvalue weighted by Crippen LogP contribution is 2.11. The molecule has 0 heterocycles. The van der Waals surface area contributed by atoms with Gasteiger partial charge in [-0.3, -0.25) is 0 Å². The van der Waals surface area contributed by atoms with E-state index in [1.165, 1.54) is 5.19 Å². The minimum absolute atomic E-state index is 0.601. The molecule has 0 aromatic heterocycles. The van der Waals surface area contributed by atoms with Gasteiger partial charge in [0.25, 0.3) is 0 Å². The van der Waals surface area contributed by atoms with Crippen molar-refractivity contribution in [2.75, 3.05) is 0 Å². The Morgan fingerprint density at radius 3 is 2.17 bits per heavy atom. The Morgan fingerprint density at radius 2 is 1.50 bits per heavy atom. The molecular weight excluding hydrogens is 232 g/mol. The van der Waals surface area contributed by atoms with Crippen LogP contribution in [0.15, 0.2) is 54.6 Å². The van der Waals surface area contributed by atoms with Crippen LogP contribution in [-0.4, -0.2) is 8.07 Å². The molecule has 0 unspecified atom stereocenters. The molecule has 18 heavy (non-hydrogen) atoms. The first-order valence-electron chi connectivity index (χ1n) is 6.82. The van der Waals surface area contributed by atoms with Gasteiger partial charge in [0.05, 0.1) is 9.44 Å². The molecule has 1 heteroatoms. The van der Waals surface area contributed by atoms with Crippen molar-refractivity contribution in [1.29, 1.82) is 0 Å². The van der Waals surface area contributed by atoms with Gasteiger partial charge >= 0.3 is 0 Å². The van der Waals surface area contributed by atoms with Gasteiger partial charge in [0.2, 0.25) is 0 Å². The summed E-state index contributed by atoms with van der Waals surface area (Å²) in [5.74, 6) is 0. The highest BCUT2D eigenvalue weighted by atomic mass is 28.3. The lowest BCUT2D eigenvalue weighted by atomic mass is 10.1. The zero-order valence-corrected chi connectivity index (χ0v) is 12.3. The largest absolute Gasteiger partial charge is 0.0783 e. The summed E-state index contributed by atoms with van der Waals surface area (Å²) in [4.78, 5) is 0. The average Bonchev–Trinajstić information content (AvgIpc) is 2.39. The monoisotopic (exact) mass is 253 g/mol. The van der Waals surface area contributed by atoms with E-state index in [9.17, 15) is 0 Å². The molecule has 0 saturated heterocycles. The predicted molar refractivity (Wildman–Crippen MR) is 84.8 cm³/mol. The van der Waals surface area contributed by atoms with Gasteiger partial charge < -0.3 is 0 Å². The van der Waals surface area contributed by atoms with Crippen LogP contribution in [0.5, 0.6) is 0 Å². The van der Waals surface area contributed by atoms with E-state index >= 15 is 0 Å². The van der Waals surface area contributed by atoms with Crippen LogP contribution in [0.25, 0.3) is 12.1 Å². The lowest BCUT2D eigenvalue weighted by Crippen LogP contribution is -2.39. The van der Waals surface area contributed by atoms with E-state index in [0.29, 0.717) is 6.05 Å². The molecule has 0 radical (unpaired) electrons. The highest BCUT2D eigenvalue weighted by Gasteiger charge is 2.18. The summed E-state index contributed by atoms with van der Waals surface area (Å²) in [6.07, 6.45) is 1.94. The summed E-state index contributed by atoms with van der Waals surface area (Å²) < 4.78 is 8.35. The van der Waals surface area contributed by atoms with E-state index in [1.54, 1.807) is 0 Å². The van der Waals surface area contributed by atoms with Crippen molar-refractivity contribution in [3.8, 4) is 0 Å². The first-order valence-corrected chi connectivity index (χ1v) is 9.82. The van der Waals surface area contributed by atoms with Crippen LogP contribution >= 0.6 is 0 Å². The summed E-state index contributed by atoms with van der Waals surface area (Å²) in [5.41, 5.74) is 2.16. The summed E-state index contributed by atoms with van der Waals surface area (Å²) in [5, 5.41) is 1.35. The van der Waals surface area contributed by atoms with Crippen LogP contribution in [0.1, 0.15) is 12.5 Å². The molecule has 0 saturated carbocycles. The van der Waals surface area contributed by atoms with Gasteiger partial charge in [-0.15, -0.1) is 0 Å². The molecule has 0 N–H and O–H groups in total. The third kappa shape index (κ3) is 3.20. The molecule has 0 bridgehead atoms. The van der Waals surface area contributed by atoms with E-state index in [0.717, 1.165) is 11.1 Å². The molecule has 0 atom stereocenters. The second-order valence-corrected chi connectivity index (χ2v) is 10.5. The van der Waals surface area contributed by atoms with E-state index in [-0.39, 0.29) is 0 Å². The molecule has 0 aliphatic heterocycles. The maximum absolute atomic E-state index is 8.35. The van der Waals surface area contributed by atoms with Gasteiger partial charge in [-0.05, 0) is 11.1 Å². The molecule has 2 rings (SSSR count). The molecule has 2 aromatic rings. The van der Waals surface area contributed by atoms with E-state index in [2.05, 4.69) is 37.8 Å². The topological polar surface area (TPSA) is 0 Å². The minimum atomic E-state index is -1.42. The number of hydrogen-bond donors (Lipinski definition) is 0. The normalized spacial score (nSPS) is 13.3. The van der Waals surface area contributed by atoms with E-state index in [1.807, 2.05) is 42.5 Å². The van der Waals surface area contributed by atoms with Gasteiger partial charge in [0.1, 0.15) is 0 Å². The van der Waals surface area contributed by atoms with E-state index < -0.39 is 8.07 Å². The number of hydrogen-bond acceptors (Lipinski definition) is 0. The highest BCUT2D eigenvalue weighted by molar-refractivity contribution is 6.89. The number of benzene rings is 2. The van der Waals surface area contributed by atoms with Gasteiger partial charge in [-0.2, -0.15) is 0 Å². The fourth-order valence-electron chi connectivity index (χ4n) is 1.97. The van der Waals surface area contributed by atoms with Crippen LogP contribution in [0.4, 0.5) is 0 Å². The number of rotatable bonds is 3. The van der Waals surface area contributed by atoms with Crippen molar-refractivity contribution in [3.63, 3.8) is 0 Å². The average molecular weight is 253 g/mol. The van der Waals surface area contributed by atoms with Crippen LogP contribution in [-0.2, 0) is 0 Å². The molecule has 2 aromatic carbocycles. The molecule has 0 aliphatic carbocycles. The summed E-state index contributed by atoms with van der Waals surface area (Å²) in [6, 6.07) is 19.0. The van der Waals surface area contributed by atoms with Gasteiger partial charge in [0.15, 0.2) is 0 Å². The third-order valence-corrected chi connectivity index (χ3v) is 4.98. The SMILES string of the molecule is [2H]/C(=C\c1ccccc1)c1ccccc1[Si](C)(C)C. The molecule has 0 fully saturated rings. The Hall–Kier alpha value is -1.60. The summed E-state index contributed by atoms with van der Waals surface area (Å²) >= 11 is 0. The van der Waals surface area contributed by atoms with Crippen molar-refractivity contribution >= 4 is 25.4 Å². The summed E-state index contributed by atoms with van der Waals surface area (Å²) in [7, 11) is -1.42. The quantitative estimate of drug-likeness (QED) is 0.562. The van der Waals surface area contributed by atoms with Crippen molar-refractivity contribution in [1.82, 2.24) is 0 Å². The van der Waals surface area contributed by atoms with Crippen LogP contribution in [0.3, 0.4) is 0 Å². The van der Waals surface area contributed by atoms with E-state index in [4.69, 9.17) is 1.37 Å². The summed E-state index contributed by atoms with van der Waals surface area (Å²) in [6.45, 7) is 6.96. The first-order chi connectivity index (χ1) is 8.98. The second-order valence-electron chi connectivity index (χ2n) is 5.49. The molecular formula is C17H20Si. The van der Waals surface area contributed by atoms with Gasteiger partial charge in [-0.25, -0.2) is 0 Å². The van der Waals surface area contributed by atoms with Crippen LogP contribution in [0, 0.1) is 0 Å². The Bertz CT molecular complexity index is 580. The smallest absolute Gasteiger partial charge is 0.0656 e. The maximum Gasteiger partial charge on any atom is 0.0783 e. The lowest BCUT2D eigenvalue weighted by Gasteiger charge is -2.19. The fraction of sp³-hybridized carbons (Fsp3) is 0.176. The maximum atomic E-state index is 8.35. The van der Waals surface area contributed by atoms with Gasteiger partial charge in [-0.1, -0.05) is 91.6 Å². The van der Waals surface area contributed by atoms with Gasteiger partial charge in [0, 0.05) is 0 Å². The Balaban J connectivity index is 2.45. The Kier molecular flexibility index (Phi) is 3.42. The predicted octanol–water partition coefficient (Wildman–Crippen LogP) is 4.40. The van der Waals surface area contributed by atoms with Crippen molar-refractivity contribution in [2.45, 2.75) is 19.6 Å².